The number of amides is 1. The van der Waals surface area contributed by atoms with E-state index in [0.29, 0.717) is 29.7 Å². The predicted octanol–water partition coefficient (Wildman–Crippen LogP) is 4.67. The van der Waals surface area contributed by atoms with Crippen LogP contribution in [-0.2, 0) is 24.0 Å². The minimum absolute atomic E-state index is 0.0704. The third-order valence-electron chi connectivity index (χ3n) is 11.0. The zero-order valence-electron chi connectivity index (χ0n) is 24.1. The zero-order valence-corrected chi connectivity index (χ0v) is 24.1. The normalized spacial score (nSPS) is 36.4. The van der Waals surface area contributed by atoms with Gasteiger partial charge >= 0.3 is 5.97 Å². The lowest BCUT2D eigenvalue weighted by Crippen LogP contribution is -2.57. The lowest BCUT2D eigenvalue weighted by molar-refractivity contribution is -0.159. The molecule has 4 aliphatic carbocycles. The second-order valence-corrected chi connectivity index (χ2v) is 12.7. The Labute approximate surface area is 236 Å². The highest BCUT2D eigenvalue weighted by Gasteiger charge is 2.65. The molecule has 8 nitrogen and oxygen atoms in total. The van der Waals surface area contributed by atoms with E-state index in [9.17, 15) is 19.5 Å². The van der Waals surface area contributed by atoms with Gasteiger partial charge in [0.25, 0.3) is 5.91 Å². The lowest BCUT2D eigenvalue weighted by Gasteiger charge is -2.59. The molecular weight excluding hydrogens is 508 g/mol. The SMILES string of the molecule is COC(=O)[C@H](NC(=O)CON=C1C=C2CC[C@@H]3[C@H](CC[C@@]4(C)[C@H]3CC[C@]4(O)C(C)=O)[C@@]2(C)CC1)c1ccccc1. The summed E-state index contributed by atoms with van der Waals surface area (Å²) in [7, 11) is 1.29. The van der Waals surface area contributed by atoms with E-state index in [0.717, 1.165) is 50.7 Å². The summed E-state index contributed by atoms with van der Waals surface area (Å²) < 4.78 is 4.86. The number of ketones is 1. The Morgan fingerprint density at radius 1 is 1.05 bits per heavy atom. The molecule has 5 rings (SSSR count). The number of carbonyl (C=O) groups is 3. The molecule has 0 saturated heterocycles. The molecule has 1 amide bonds. The fraction of sp³-hybridized carbons (Fsp3) is 0.625. The van der Waals surface area contributed by atoms with Crippen molar-refractivity contribution >= 4 is 23.4 Å². The maximum atomic E-state index is 12.6. The van der Waals surface area contributed by atoms with E-state index in [2.05, 4.69) is 30.4 Å². The molecule has 7 atom stereocenters. The maximum absolute atomic E-state index is 12.6. The molecule has 40 heavy (non-hydrogen) atoms. The molecule has 216 valence electrons. The quantitative estimate of drug-likeness (QED) is 0.377. The highest BCUT2D eigenvalue weighted by atomic mass is 16.6. The maximum Gasteiger partial charge on any atom is 0.333 e. The standard InChI is InChI=1S/C32H42N2O6/c1-20(35)32(38)17-14-26-24-11-10-22-18-23(12-15-30(22,2)25(24)13-16-31(26,32)3)34-40-19-27(36)33-28(29(37)39-4)21-8-6-5-7-9-21/h5-9,18,24-26,28,38H,10-17,19H2,1-4H3,(H,33,36)/t24-,25+,26+,28-,30+,31+,32+/m1/s1. The number of Topliss-reactive ketones (excluding diaryl/α,β-unsaturated/α-hetero) is 1. The average Bonchev–Trinajstić information content (AvgIpc) is 3.23. The molecule has 0 unspecified atom stereocenters. The van der Waals surface area contributed by atoms with Crippen molar-refractivity contribution in [1.29, 1.82) is 0 Å². The van der Waals surface area contributed by atoms with Gasteiger partial charge in [0.15, 0.2) is 18.4 Å². The Hall–Kier alpha value is -3.00. The van der Waals surface area contributed by atoms with Gasteiger partial charge in [-0.2, -0.15) is 0 Å². The van der Waals surface area contributed by atoms with Crippen LogP contribution in [0.4, 0.5) is 0 Å². The molecule has 0 radical (unpaired) electrons. The number of nitrogens with one attached hydrogen (secondary N) is 1. The highest BCUT2D eigenvalue weighted by molar-refractivity contribution is 5.96. The van der Waals surface area contributed by atoms with Gasteiger partial charge in [-0.1, -0.05) is 54.9 Å². The number of carbonyl (C=O) groups excluding carboxylic acids is 3. The molecule has 4 aliphatic rings. The van der Waals surface area contributed by atoms with Crippen molar-refractivity contribution in [3.05, 3.63) is 47.5 Å². The molecule has 3 saturated carbocycles. The molecule has 0 aliphatic heterocycles. The van der Waals surface area contributed by atoms with Crippen LogP contribution in [0, 0.1) is 28.6 Å². The van der Waals surface area contributed by atoms with E-state index in [1.54, 1.807) is 31.2 Å². The van der Waals surface area contributed by atoms with E-state index in [-0.39, 0.29) is 23.2 Å². The number of oxime groups is 1. The zero-order chi connectivity index (χ0) is 28.7. The first-order chi connectivity index (χ1) is 19.0. The lowest BCUT2D eigenvalue weighted by atomic mass is 9.46. The van der Waals surface area contributed by atoms with Gasteiger partial charge in [0.05, 0.1) is 12.8 Å². The molecule has 3 fully saturated rings. The van der Waals surface area contributed by atoms with Crippen LogP contribution < -0.4 is 5.32 Å². The van der Waals surface area contributed by atoms with Crippen LogP contribution in [0.1, 0.15) is 83.7 Å². The monoisotopic (exact) mass is 550 g/mol. The molecule has 0 spiro atoms. The first kappa shape index (κ1) is 28.5. The molecule has 1 aromatic rings. The first-order valence-electron chi connectivity index (χ1n) is 14.6. The Morgan fingerprint density at radius 3 is 2.48 bits per heavy atom. The van der Waals surface area contributed by atoms with Crippen molar-refractivity contribution in [1.82, 2.24) is 5.32 Å². The van der Waals surface area contributed by atoms with E-state index in [4.69, 9.17) is 9.57 Å². The number of hydrogen-bond donors (Lipinski definition) is 2. The number of hydrogen-bond acceptors (Lipinski definition) is 7. The number of methoxy groups -OCH3 is 1. The minimum Gasteiger partial charge on any atom is -0.467 e. The topological polar surface area (TPSA) is 114 Å². The highest BCUT2D eigenvalue weighted by Crippen LogP contribution is 2.67. The Balaban J connectivity index is 1.23. The van der Waals surface area contributed by atoms with Gasteiger partial charge in [-0.15, -0.1) is 0 Å². The fourth-order valence-electron chi connectivity index (χ4n) is 8.66. The number of esters is 1. The van der Waals surface area contributed by atoms with E-state index < -0.39 is 23.5 Å². The van der Waals surface area contributed by atoms with Gasteiger partial charge in [-0.05, 0) is 93.1 Å². The van der Waals surface area contributed by atoms with Crippen molar-refractivity contribution in [3.63, 3.8) is 0 Å². The Morgan fingerprint density at radius 2 is 1.77 bits per heavy atom. The number of allylic oxidation sites excluding steroid dienone is 2. The number of nitrogens with zero attached hydrogens (tertiary/aromatic N) is 1. The van der Waals surface area contributed by atoms with Crippen molar-refractivity contribution in [2.75, 3.05) is 13.7 Å². The first-order valence-corrected chi connectivity index (χ1v) is 14.6. The predicted molar refractivity (Wildman–Crippen MR) is 150 cm³/mol. The van der Waals surface area contributed by atoms with Gasteiger partial charge in [0.2, 0.25) is 0 Å². The number of aliphatic hydroxyl groups is 1. The van der Waals surface area contributed by atoms with E-state index in [1.165, 1.54) is 12.7 Å². The molecule has 8 heteroatoms. The summed E-state index contributed by atoms with van der Waals surface area (Å²) in [6.45, 7) is 5.79. The van der Waals surface area contributed by atoms with Crippen LogP contribution in [0.2, 0.25) is 0 Å². The van der Waals surface area contributed by atoms with Gasteiger partial charge in [0, 0.05) is 5.41 Å². The van der Waals surface area contributed by atoms with Crippen molar-refractivity contribution < 1.29 is 29.1 Å². The molecular formula is C32H42N2O6. The molecule has 1 aromatic carbocycles. The van der Waals surface area contributed by atoms with Gasteiger partial charge < -0.3 is 20.0 Å². The number of rotatable bonds is 7. The van der Waals surface area contributed by atoms with Crippen LogP contribution in [0.3, 0.4) is 0 Å². The van der Waals surface area contributed by atoms with Crippen molar-refractivity contribution in [3.8, 4) is 0 Å². The van der Waals surface area contributed by atoms with Crippen LogP contribution in [-0.4, -0.2) is 47.8 Å². The summed E-state index contributed by atoms with van der Waals surface area (Å²) in [4.78, 5) is 42.7. The van der Waals surface area contributed by atoms with E-state index >= 15 is 0 Å². The average molecular weight is 551 g/mol. The fourth-order valence-corrected chi connectivity index (χ4v) is 8.66. The smallest absolute Gasteiger partial charge is 0.333 e. The Bertz CT molecular complexity index is 1230. The Kier molecular flexibility index (Phi) is 7.68. The summed E-state index contributed by atoms with van der Waals surface area (Å²) in [6, 6.07) is 8.03. The minimum atomic E-state index is -1.19. The molecule has 0 bridgehead atoms. The number of ether oxygens (including phenoxy) is 1. The number of fused-ring (bicyclic) bond motifs is 5. The molecule has 0 aromatic heterocycles. The van der Waals surface area contributed by atoms with Gasteiger partial charge in [-0.3, -0.25) is 9.59 Å². The third kappa shape index (κ3) is 4.68. The summed E-state index contributed by atoms with van der Waals surface area (Å²) >= 11 is 0. The van der Waals surface area contributed by atoms with Crippen molar-refractivity contribution in [2.24, 2.45) is 33.7 Å². The summed E-state index contributed by atoms with van der Waals surface area (Å²) in [5.74, 6) is 0.336. The van der Waals surface area contributed by atoms with Crippen LogP contribution in [0.5, 0.6) is 0 Å². The van der Waals surface area contributed by atoms with Crippen LogP contribution >= 0.6 is 0 Å². The third-order valence-corrected chi connectivity index (χ3v) is 11.0. The summed E-state index contributed by atoms with van der Waals surface area (Å²) in [5.41, 5.74) is 1.41. The largest absolute Gasteiger partial charge is 0.467 e. The molecule has 0 heterocycles. The van der Waals surface area contributed by atoms with Gasteiger partial charge in [0.1, 0.15) is 5.60 Å². The summed E-state index contributed by atoms with van der Waals surface area (Å²) in [5, 5.41) is 18.3. The van der Waals surface area contributed by atoms with Crippen LogP contribution in [0.15, 0.2) is 47.1 Å². The second kappa shape index (κ2) is 10.8. The van der Waals surface area contributed by atoms with Crippen molar-refractivity contribution in [2.45, 2.75) is 83.8 Å². The van der Waals surface area contributed by atoms with Crippen LogP contribution in [0.25, 0.3) is 0 Å². The summed E-state index contributed by atoms with van der Waals surface area (Å²) in [6.07, 6.45) is 9.33. The number of benzene rings is 1. The van der Waals surface area contributed by atoms with E-state index in [1.807, 2.05) is 6.07 Å². The van der Waals surface area contributed by atoms with Gasteiger partial charge in [-0.25, -0.2) is 4.79 Å². The second-order valence-electron chi connectivity index (χ2n) is 12.7. The molecule has 2 N–H and O–H groups in total.